The quantitative estimate of drug-likeness (QED) is 0.709. The molecule has 2 aliphatic rings. The van der Waals surface area contributed by atoms with E-state index in [2.05, 4.69) is 26.8 Å². The standard InChI is InChI=1S/C20H22N6O/c1-24-9-11-25(12-10-24)20-21-13-16-18(23-20)26(15-7-8-15)19(27)17(22-16)14-5-3-2-4-6-14/h2-6,13,15H,7-12H2,1H3. The van der Waals surface area contributed by atoms with Crippen molar-refractivity contribution in [1.29, 1.82) is 0 Å². The van der Waals surface area contributed by atoms with E-state index in [0.29, 0.717) is 22.8 Å². The van der Waals surface area contributed by atoms with E-state index in [-0.39, 0.29) is 11.6 Å². The van der Waals surface area contributed by atoms with Crippen LogP contribution in [0.5, 0.6) is 0 Å². The number of fused-ring (bicyclic) bond motifs is 1. The monoisotopic (exact) mass is 362 g/mol. The van der Waals surface area contributed by atoms with E-state index in [1.807, 2.05) is 34.9 Å². The summed E-state index contributed by atoms with van der Waals surface area (Å²) in [6.07, 6.45) is 3.79. The molecule has 1 saturated carbocycles. The second kappa shape index (κ2) is 6.42. The van der Waals surface area contributed by atoms with Crippen molar-refractivity contribution < 1.29 is 0 Å². The van der Waals surface area contributed by atoms with Gasteiger partial charge in [-0.2, -0.15) is 4.98 Å². The summed E-state index contributed by atoms with van der Waals surface area (Å²) in [5.41, 5.74) is 2.59. The molecule has 1 saturated heterocycles. The third-order valence-corrected chi connectivity index (χ3v) is 5.36. The van der Waals surface area contributed by atoms with Crippen LogP contribution in [-0.4, -0.2) is 57.6 Å². The highest BCUT2D eigenvalue weighted by Gasteiger charge is 2.29. The van der Waals surface area contributed by atoms with E-state index in [9.17, 15) is 4.79 Å². The fourth-order valence-corrected chi connectivity index (χ4v) is 3.61. The molecule has 27 heavy (non-hydrogen) atoms. The van der Waals surface area contributed by atoms with E-state index in [0.717, 1.165) is 44.6 Å². The number of benzene rings is 1. The highest BCUT2D eigenvalue weighted by molar-refractivity contribution is 5.75. The third-order valence-electron chi connectivity index (χ3n) is 5.36. The summed E-state index contributed by atoms with van der Waals surface area (Å²) in [7, 11) is 2.12. The maximum absolute atomic E-state index is 13.2. The van der Waals surface area contributed by atoms with Crippen LogP contribution in [0.1, 0.15) is 18.9 Å². The van der Waals surface area contributed by atoms with Gasteiger partial charge in [0.1, 0.15) is 11.2 Å². The van der Waals surface area contributed by atoms with Crippen molar-refractivity contribution in [2.45, 2.75) is 18.9 Å². The Hall–Kier alpha value is -2.80. The van der Waals surface area contributed by atoms with Crippen LogP contribution in [0.15, 0.2) is 41.3 Å². The number of nitrogens with zero attached hydrogens (tertiary/aromatic N) is 6. The van der Waals surface area contributed by atoms with Gasteiger partial charge in [0.05, 0.1) is 6.20 Å². The maximum atomic E-state index is 13.2. The van der Waals surface area contributed by atoms with Crippen molar-refractivity contribution in [1.82, 2.24) is 24.4 Å². The Kier molecular flexibility index (Phi) is 3.89. The zero-order valence-corrected chi connectivity index (χ0v) is 15.4. The van der Waals surface area contributed by atoms with Gasteiger partial charge in [-0.15, -0.1) is 0 Å². The molecule has 0 bridgehead atoms. The molecule has 0 atom stereocenters. The van der Waals surface area contributed by atoms with Crippen molar-refractivity contribution in [3.05, 3.63) is 46.9 Å². The first-order chi connectivity index (χ1) is 13.2. The molecule has 7 heteroatoms. The molecule has 0 spiro atoms. The van der Waals surface area contributed by atoms with Gasteiger partial charge in [-0.3, -0.25) is 9.36 Å². The molecule has 0 N–H and O–H groups in total. The molecular formula is C20H22N6O. The van der Waals surface area contributed by atoms with Crippen LogP contribution in [0.3, 0.4) is 0 Å². The summed E-state index contributed by atoms with van der Waals surface area (Å²) in [6.45, 7) is 3.76. The van der Waals surface area contributed by atoms with Crippen LogP contribution in [0, 0.1) is 0 Å². The normalized spacial score (nSPS) is 18.2. The lowest BCUT2D eigenvalue weighted by atomic mass is 10.1. The van der Waals surface area contributed by atoms with Crippen LogP contribution >= 0.6 is 0 Å². The molecule has 1 aliphatic heterocycles. The molecule has 0 unspecified atom stereocenters. The SMILES string of the molecule is CN1CCN(c2ncc3nc(-c4ccccc4)c(=O)n(C4CC4)c3n2)CC1. The minimum Gasteiger partial charge on any atom is -0.338 e. The molecule has 3 heterocycles. The van der Waals surface area contributed by atoms with Gasteiger partial charge in [-0.05, 0) is 19.9 Å². The third kappa shape index (κ3) is 2.98. The Labute approximate surface area is 157 Å². The Bertz CT molecular complexity index is 1040. The predicted molar refractivity (Wildman–Crippen MR) is 105 cm³/mol. The number of anilines is 1. The fourth-order valence-electron chi connectivity index (χ4n) is 3.61. The summed E-state index contributed by atoms with van der Waals surface area (Å²) in [6, 6.07) is 9.86. The van der Waals surface area contributed by atoms with Crippen molar-refractivity contribution in [3.63, 3.8) is 0 Å². The molecule has 7 nitrogen and oxygen atoms in total. The van der Waals surface area contributed by atoms with Gasteiger partial charge in [0, 0.05) is 37.8 Å². The zero-order chi connectivity index (χ0) is 18.4. The number of rotatable bonds is 3. The first-order valence-electron chi connectivity index (χ1n) is 9.49. The molecule has 3 aromatic rings. The lowest BCUT2D eigenvalue weighted by Gasteiger charge is -2.32. The van der Waals surface area contributed by atoms with Gasteiger partial charge in [0.25, 0.3) is 5.56 Å². The topological polar surface area (TPSA) is 67.2 Å². The Morgan fingerprint density at radius 2 is 1.74 bits per heavy atom. The molecule has 1 aromatic carbocycles. The molecule has 2 fully saturated rings. The number of likely N-dealkylation sites (N-methyl/N-ethyl adjacent to an activating group) is 1. The van der Waals surface area contributed by atoms with Crippen molar-refractivity contribution >= 4 is 17.1 Å². The predicted octanol–water partition coefficient (Wildman–Crippen LogP) is 1.94. The first-order valence-corrected chi connectivity index (χ1v) is 9.49. The summed E-state index contributed by atoms with van der Waals surface area (Å²) in [5, 5.41) is 0. The van der Waals surface area contributed by atoms with Crippen LogP contribution in [0.2, 0.25) is 0 Å². The van der Waals surface area contributed by atoms with Crippen LogP contribution in [-0.2, 0) is 0 Å². The van der Waals surface area contributed by atoms with E-state index in [1.165, 1.54) is 0 Å². The van der Waals surface area contributed by atoms with Crippen LogP contribution in [0.4, 0.5) is 5.95 Å². The summed E-state index contributed by atoms with van der Waals surface area (Å²) in [4.78, 5) is 31.7. The lowest BCUT2D eigenvalue weighted by Crippen LogP contribution is -2.45. The van der Waals surface area contributed by atoms with Gasteiger partial charge < -0.3 is 9.80 Å². The highest BCUT2D eigenvalue weighted by atomic mass is 16.1. The second-order valence-electron chi connectivity index (χ2n) is 7.40. The second-order valence-corrected chi connectivity index (χ2v) is 7.40. The van der Waals surface area contributed by atoms with Gasteiger partial charge in [0.15, 0.2) is 5.65 Å². The highest BCUT2D eigenvalue weighted by Crippen LogP contribution is 2.36. The Morgan fingerprint density at radius 3 is 2.44 bits per heavy atom. The van der Waals surface area contributed by atoms with Crippen molar-refractivity contribution in [2.75, 3.05) is 38.1 Å². The fraction of sp³-hybridized carbons (Fsp3) is 0.400. The van der Waals surface area contributed by atoms with Crippen molar-refractivity contribution in [3.8, 4) is 11.3 Å². The number of aromatic nitrogens is 4. The van der Waals surface area contributed by atoms with Gasteiger partial charge in [-0.1, -0.05) is 30.3 Å². The Balaban J connectivity index is 1.65. The Morgan fingerprint density at radius 1 is 1.00 bits per heavy atom. The van der Waals surface area contributed by atoms with Gasteiger partial charge in [-0.25, -0.2) is 9.97 Å². The minimum absolute atomic E-state index is 0.0563. The van der Waals surface area contributed by atoms with Gasteiger partial charge >= 0.3 is 0 Å². The van der Waals surface area contributed by atoms with Crippen LogP contribution < -0.4 is 10.5 Å². The number of piperazine rings is 1. The van der Waals surface area contributed by atoms with E-state index >= 15 is 0 Å². The molecule has 0 radical (unpaired) electrons. The number of hydrogen-bond donors (Lipinski definition) is 0. The van der Waals surface area contributed by atoms with Gasteiger partial charge in [0.2, 0.25) is 5.95 Å². The molecule has 5 rings (SSSR count). The maximum Gasteiger partial charge on any atom is 0.279 e. The summed E-state index contributed by atoms with van der Waals surface area (Å²) >= 11 is 0. The summed E-state index contributed by atoms with van der Waals surface area (Å²) in [5.74, 6) is 0.693. The van der Waals surface area contributed by atoms with Crippen molar-refractivity contribution in [2.24, 2.45) is 0 Å². The lowest BCUT2D eigenvalue weighted by molar-refractivity contribution is 0.311. The van der Waals surface area contributed by atoms with Crippen LogP contribution in [0.25, 0.3) is 22.4 Å². The molecule has 2 aromatic heterocycles. The average molecular weight is 362 g/mol. The summed E-state index contributed by atoms with van der Waals surface area (Å²) < 4.78 is 1.84. The minimum atomic E-state index is -0.0563. The smallest absolute Gasteiger partial charge is 0.279 e. The largest absolute Gasteiger partial charge is 0.338 e. The number of hydrogen-bond acceptors (Lipinski definition) is 6. The van der Waals surface area contributed by atoms with E-state index in [1.54, 1.807) is 6.20 Å². The molecule has 138 valence electrons. The zero-order valence-electron chi connectivity index (χ0n) is 15.4. The molecule has 0 amide bonds. The average Bonchev–Trinajstić information content (AvgIpc) is 3.53. The first kappa shape index (κ1) is 16.4. The molecular weight excluding hydrogens is 340 g/mol. The van der Waals surface area contributed by atoms with E-state index in [4.69, 9.17) is 4.98 Å². The molecule has 1 aliphatic carbocycles. The van der Waals surface area contributed by atoms with E-state index < -0.39 is 0 Å².